The van der Waals surface area contributed by atoms with E-state index in [2.05, 4.69) is 0 Å². The lowest BCUT2D eigenvalue weighted by atomic mass is 9.98. The van der Waals surface area contributed by atoms with Crippen molar-refractivity contribution in [2.75, 3.05) is 19.1 Å². The maximum Gasteiger partial charge on any atom is 0.227 e. The van der Waals surface area contributed by atoms with Crippen LogP contribution in [-0.2, 0) is 24.4 Å². The monoisotopic (exact) mass is 439 g/mol. The number of anilines is 1. The fourth-order valence-electron chi connectivity index (χ4n) is 3.73. The second kappa shape index (κ2) is 9.26. The standard InChI is InChI=1S/C25H23F2NO4/c1-30-18-7-3-16(4-8-18)14-28-23(29)12-11-20-22(13-21(26)24(27)25(20)28)32-15-17-5-9-19(31-2)10-6-17/h3-10,13H,11-12,14-15H2,1-2H3. The lowest BCUT2D eigenvalue weighted by Crippen LogP contribution is -2.36. The number of rotatable bonds is 7. The van der Waals surface area contributed by atoms with Crippen LogP contribution in [0.5, 0.6) is 17.2 Å². The molecule has 3 aromatic rings. The highest BCUT2D eigenvalue weighted by Gasteiger charge is 2.32. The van der Waals surface area contributed by atoms with Crippen LogP contribution in [0, 0.1) is 11.6 Å². The molecule has 1 aliphatic heterocycles. The number of amides is 1. The molecule has 0 atom stereocenters. The molecule has 0 saturated heterocycles. The zero-order valence-corrected chi connectivity index (χ0v) is 17.9. The summed E-state index contributed by atoms with van der Waals surface area (Å²) in [6, 6.07) is 15.4. The van der Waals surface area contributed by atoms with Crippen LogP contribution in [0.25, 0.3) is 0 Å². The van der Waals surface area contributed by atoms with Crippen molar-refractivity contribution in [3.8, 4) is 17.2 Å². The van der Waals surface area contributed by atoms with E-state index in [0.717, 1.165) is 17.2 Å². The van der Waals surface area contributed by atoms with E-state index in [-0.39, 0.29) is 43.3 Å². The first kappa shape index (κ1) is 21.6. The van der Waals surface area contributed by atoms with Crippen molar-refractivity contribution in [3.63, 3.8) is 0 Å². The van der Waals surface area contributed by atoms with E-state index < -0.39 is 11.6 Å². The molecule has 0 unspecified atom stereocenters. The summed E-state index contributed by atoms with van der Waals surface area (Å²) in [5.41, 5.74) is 2.06. The fourth-order valence-corrected chi connectivity index (χ4v) is 3.73. The molecule has 0 radical (unpaired) electrons. The molecule has 7 heteroatoms. The normalized spacial score (nSPS) is 13.0. The summed E-state index contributed by atoms with van der Waals surface area (Å²) in [4.78, 5) is 13.9. The third-order valence-electron chi connectivity index (χ3n) is 5.47. The summed E-state index contributed by atoms with van der Waals surface area (Å²) < 4.78 is 45.6. The van der Waals surface area contributed by atoms with Gasteiger partial charge in [-0.15, -0.1) is 0 Å². The smallest absolute Gasteiger partial charge is 0.227 e. The van der Waals surface area contributed by atoms with Crippen molar-refractivity contribution in [2.45, 2.75) is 26.0 Å². The highest BCUT2D eigenvalue weighted by atomic mass is 19.2. The van der Waals surface area contributed by atoms with Crippen molar-refractivity contribution in [1.29, 1.82) is 0 Å². The molecule has 1 amide bonds. The number of halogens is 2. The predicted octanol–water partition coefficient (Wildman–Crippen LogP) is 5.04. The van der Waals surface area contributed by atoms with Gasteiger partial charge >= 0.3 is 0 Å². The Bertz CT molecular complexity index is 1110. The Morgan fingerprint density at radius 1 is 0.875 bits per heavy atom. The lowest BCUT2D eigenvalue weighted by Gasteiger charge is -2.31. The third kappa shape index (κ3) is 4.37. The molecule has 3 aromatic carbocycles. The Hall–Kier alpha value is -3.61. The number of nitrogens with zero attached hydrogens (tertiary/aromatic N) is 1. The van der Waals surface area contributed by atoms with Crippen LogP contribution in [0.4, 0.5) is 14.5 Å². The van der Waals surface area contributed by atoms with Gasteiger partial charge in [0.1, 0.15) is 23.9 Å². The van der Waals surface area contributed by atoms with Gasteiger partial charge in [-0.05, 0) is 41.8 Å². The van der Waals surface area contributed by atoms with E-state index in [0.29, 0.717) is 17.1 Å². The van der Waals surface area contributed by atoms with E-state index >= 15 is 0 Å². The number of fused-ring (bicyclic) bond motifs is 1. The quantitative estimate of drug-likeness (QED) is 0.518. The fraction of sp³-hybridized carbons (Fsp3) is 0.240. The van der Waals surface area contributed by atoms with Crippen LogP contribution in [0.1, 0.15) is 23.1 Å². The van der Waals surface area contributed by atoms with Gasteiger partial charge in [-0.25, -0.2) is 8.78 Å². The number of benzene rings is 3. The summed E-state index contributed by atoms with van der Waals surface area (Å²) in [5.74, 6) is -0.737. The van der Waals surface area contributed by atoms with Gasteiger partial charge < -0.3 is 19.1 Å². The third-order valence-corrected chi connectivity index (χ3v) is 5.47. The molecule has 1 heterocycles. The molecule has 32 heavy (non-hydrogen) atoms. The molecule has 166 valence electrons. The number of carbonyl (C=O) groups excluding carboxylic acids is 1. The number of carbonyl (C=O) groups is 1. The van der Waals surface area contributed by atoms with Crippen molar-refractivity contribution >= 4 is 11.6 Å². The summed E-state index contributed by atoms with van der Waals surface area (Å²) in [6.07, 6.45) is 0.468. The van der Waals surface area contributed by atoms with Crippen LogP contribution >= 0.6 is 0 Å². The first-order valence-corrected chi connectivity index (χ1v) is 10.2. The number of ether oxygens (including phenoxy) is 3. The number of hydrogen-bond donors (Lipinski definition) is 0. The summed E-state index contributed by atoms with van der Waals surface area (Å²) in [5, 5.41) is 0. The van der Waals surface area contributed by atoms with Gasteiger partial charge in [0.15, 0.2) is 11.6 Å². The molecule has 5 nitrogen and oxygen atoms in total. The second-order valence-corrected chi connectivity index (χ2v) is 7.46. The van der Waals surface area contributed by atoms with E-state index in [9.17, 15) is 13.6 Å². The molecule has 0 fully saturated rings. The highest BCUT2D eigenvalue weighted by Crippen LogP contribution is 2.39. The minimum atomic E-state index is -1.05. The number of methoxy groups -OCH3 is 2. The highest BCUT2D eigenvalue weighted by molar-refractivity contribution is 5.97. The predicted molar refractivity (Wildman–Crippen MR) is 116 cm³/mol. The molecular weight excluding hydrogens is 416 g/mol. The topological polar surface area (TPSA) is 48.0 Å². The van der Waals surface area contributed by atoms with Crippen LogP contribution in [-0.4, -0.2) is 20.1 Å². The van der Waals surface area contributed by atoms with Crippen LogP contribution < -0.4 is 19.1 Å². The molecule has 4 rings (SSSR count). The minimum Gasteiger partial charge on any atom is -0.497 e. The van der Waals surface area contributed by atoms with E-state index in [1.807, 2.05) is 12.1 Å². The van der Waals surface area contributed by atoms with E-state index in [1.54, 1.807) is 50.6 Å². The Kier molecular flexibility index (Phi) is 6.25. The van der Waals surface area contributed by atoms with Gasteiger partial charge in [-0.3, -0.25) is 4.79 Å². The average Bonchev–Trinajstić information content (AvgIpc) is 2.82. The summed E-state index contributed by atoms with van der Waals surface area (Å²) in [6.45, 7) is 0.294. The molecule has 0 N–H and O–H groups in total. The van der Waals surface area contributed by atoms with E-state index in [4.69, 9.17) is 14.2 Å². The molecule has 0 spiro atoms. The Labute approximate surface area is 185 Å². The zero-order chi connectivity index (χ0) is 22.7. The number of hydrogen-bond acceptors (Lipinski definition) is 4. The van der Waals surface area contributed by atoms with Gasteiger partial charge in [-0.2, -0.15) is 0 Å². The Balaban J connectivity index is 1.63. The van der Waals surface area contributed by atoms with Gasteiger partial charge in [0, 0.05) is 18.1 Å². The largest absolute Gasteiger partial charge is 0.497 e. The SMILES string of the molecule is COc1ccc(COc2cc(F)c(F)c3c2CCC(=O)N3Cc2ccc(OC)cc2)cc1. The van der Waals surface area contributed by atoms with Gasteiger partial charge in [-0.1, -0.05) is 24.3 Å². The van der Waals surface area contributed by atoms with Crippen LogP contribution in [0.15, 0.2) is 54.6 Å². The first-order chi connectivity index (χ1) is 15.5. The molecular formula is C25H23F2NO4. The Morgan fingerprint density at radius 2 is 1.47 bits per heavy atom. The van der Waals surface area contributed by atoms with Crippen molar-refractivity contribution in [2.24, 2.45) is 0 Å². The van der Waals surface area contributed by atoms with E-state index in [1.165, 1.54) is 4.90 Å². The van der Waals surface area contributed by atoms with Crippen molar-refractivity contribution in [3.05, 3.63) is 82.9 Å². The zero-order valence-electron chi connectivity index (χ0n) is 17.9. The van der Waals surface area contributed by atoms with Crippen molar-refractivity contribution in [1.82, 2.24) is 0 Å². The Morgan fingerprint density at radius 3 is 2.06 bits per heavy atom. The van der Waals surface area contributed by atoms with Gasteiger partial charge in [0.2, 0.25) is 5.91 Å². The summed E-state index contributed by atoms with van der Waals surface area (Å²) >= 11 is 0. The van der Waals surface area contributed by atoms with Crippen LogP contribution in [0.3, 0.4) is 0 Å². The molecule has 0 aromatic heterocycles. The second-order valence-electron chi connectivity index (χ2n) is 7.46. The van der Waals surface area contributed by atoms with Crippen LogP contribution in [0.2, 0.25) is 0 Å². The van der Waals surface area contributed by atoms with Gasteiger partial charge in [0.25, 0.3) is 0 Å². The first-order valence-electron chi connectivity index (χ1n) is 10.2. The summed E-state index contributed by atoms with van der Waals surface area (Å²) in [7, 11) is 3.14. The lowest BCUT2D eigenvalue weighted by molar-refractivity contribution is -0.119. The molecule has 0 saturated carbocycles. The average molecular weight is 439 g/mol. The minimum absolute atomic E-state index is 0.0539. The maximum atomic E-state index is 14.9. The molecule has 1 aliphatic rings. The molecule has 0 aliphatic carbocycles. The maximum absolute atomic E-state index is 14.9. The van der Waals surface area contributed by atoms with Crippen molar-refractivity contribution < 1.29 is 27.8 Å². The molecule has 0 bridgehead atoms. The van der Waals surface area contributed by atoms with Gasteiger partial charge in [0.05, 0.1) is 26.5 Å².